The quantitative estimate of drug-likeness (QED) is 0.168. The number of hydrogen-bond acceptors (Lipinski definition) is 9. The van der Waals surface area contributed by atoms with Crippen molar-refractivity contribution in [2.75, 3.05) is 46.7 Å². The van der Waals surface area contributed by atoms with Crippen molar-refractivity contribution in [2.24, 2.45) is 0 Å². The lowest BCUT2D eigenvalue weighted by atomic mass is 9.99. The van der Waals surface area contributed by atoms with Gasteiger partial charge >= 0.3 is 0 Å². The standard InChI is InChI=1S/C39H46Cl2N6O5S/c1-25(48)46-18-13-29(14-19-46)44-24-28-10-11-34(45-39(28)52-3)33-7-5-6-31(36(33)40)32-12-17-42-38(37(32)41)26-8-9-27(35(22-26)51-2)23-43-30-15-20-47(21-16-30)53(4,49)50/h5-12,17,22,29-30,43-44H,13-16,18-21,23-24H2,1-4H3. The van der Waals surface area contributed by atoms with E-state index in [-0.39, 0.29) is 11.9 Å². The number of rotatable bonds is 12. The number of aromatic nitrogens is 2. The summed E-state index contributed by atoms with van der Waals surface area (Å²) in [4.78, 5) is 23.1. The minimum absolute atomic E-state index is 0.124. The van der Waals surface area contributed by atoms with E-state index in [1.807, 2.05) is 59.5 Å². The third-order valence-corrected chi connectivity index (χ3v) is 12.3. The number of sulfonamides is 1. The van der Waals surface area contributed by atoms with E-state index in [1.54, 1.807) is 27.3 Å². The molecule has 2 saturated heterocycles. The maximum absolute atomic E-state index is 11.9. The van der Waals surface area contributed by atoms with Crippen LogP contribution in [0, 0.1) is 0 Å². The van der Waals surface area contributed by atoms with E-state index in [1.165, 1.54) is 10.6 Å². The van der Waals surface area contributed by atoms with Crippen LogP contribution in [0.15, 0.2) is 60.8 Å². The summed E-state index contributed by atoms with van der Waals surface area (Å²) in [6, 6.07) is 18.0. The van der Waals surface area contributed by atoms with Gasteiger partial charge in [-0.3, -0.25) is 9.78 Å². The third-order valence-electron chi connectivity index (χ3n) is 10.2. The molecule has 14 heteroatoms. The van der Waals surface area contributed by atoms with Crippen LogP contribution in [0.2, 0.25) is 10.0 Å². The van der Waals surface area contributed by atoms with Crippen molar-refractivity contribution in [3.63, 3.8) is 0 Å². The Hall–Kier alpha value is -3.78. The average Bonchev–Trinajstić information content (AvgIpc) is 3.16. The number of carbonyl (C=O) groups excluding carboxylic acids is 1. The van der Waals surface area contributed by atoms with Crippen molar-refractivity contribution in [2.45, 2.75) is 57.8 Å². The molecule has 1 amide bonds. The van der Waals surface area contributed by atoms with Gasteiger partial charge < -0.3 is 25.0 Å². The number of nitrogens with one attached hydrogen (secondary N) is 2. The second-order valence-corrected chi connectivity index (χ2v) is 16.3. The summed E-state index contributed by atoms with van der Waals surface area (Å²) in [7, 11) is 0.0816. The molecule has 4 heterocycles. The molecule has 2 aromatic carbocycles. The first-order valence-electron chi connectivity index (χ1n) is 17.8. The van der Waals surface area contributed by atoms with Crippen LogP contribution >= 0.6 is 23.2 Å². The van der Waals surface area contributed by atoms with Gasteiger partial charge in [0.1, 0.15) is 5.75 Å². The SMILES string of the molecule is COc1cc(-c2nccc(-c3cccc(-c4ccc(CNC5CCN(C(C)=O)CC5)c(OC)n4)c3Cl)c2Cl)ccc1CNC1CCN(S(C)(=O)=O)CC1. The Bertz CT molecular complexity index is 2050. The van der Waals surface area contributed by atoms with E-state index in [0.717, 1.165) is 72.2 Å². The molecule has 0 radical (unpaired) electrons. The monoisotopic (exact) mass is 780 g/mol. The molecule has 53 heavy (non-hydrogen) atoms. The molecule has 11 nitrogen and oxygen atoms in total. The molecular weight excluding hydrogens is 735 g/mol. The molecule has 4 aromatic rings. The molecule has 0 atom stereocenters. The van der Waals surface area contributed by atoms with Gasteiger partial charge in [-0.05, 0) is 43.9 Å². The van der Waals surface area contributed by atoms with Crippen LogP contribution in [0.1, 0.15) is 43.7 Å². The van der Waals surface area contributed by atoms with Gasteiger partial charge in [0.05, 0.1) is 41.9 Å². The minimum Gasteiger partial charge on any atom is -0.496 e. The molecule has 2 aliphatic heterocycles. The van der Waals surface area contributed by atoms with Crippen molar-refractivity contribution < 1.29 is 22.7 Å². The van der Waals surface area contributed by atoms with Gasteiger partial charge in [0.2, 0.25) is 21.8 Å². The molecule has 0 spiro atoms. The lowest BCUT2D eigenvalue weighted by molar-refractivity contribution is -0.129. The Morgan fingerprint density at radius 2 is 1.45 bits per heavy atom. The highest BCUT2D eigenvalue weighted by molar-refractivity contribution is 7.88. The van der Waals surface area contributed by atoms with Gasteiger partial charge in [0.25, 0.3) is 0 Å². The summed E-state index contributed by atoms with van der Waals surface area (Å²) in [6.45, 7) is 5.34. The number of hydrogen-bond donors (Lipinski definition) is 2. The van der Waals surface area contributed by atoms with Crippen molar-refractivity contribution in [1.29, 1.82) is 0 Å². The molecular formula is C39H46Cl2N6O5S. The maximum atomic E-state index is 11.9. The van der Waals surface area contributed by atoms with E-state index in [9.17, 15) is 13.2 Å². The van der Waals surface area contributed by atoms with E-state index in [0.29, 0.717) is 65.3 Å². The number of halogens is 2. The number of amides is 1. The Kier molecular flexibility index (Phi) is 12.6. The second-order valence-electron chi connectivity index (χ2n) is 13.6. The molecule has 0 aliphatic carbocycles. The summed E-state index contributed by atoms with van der Waals surface area (Å²) in [5, 5.41) is 8.12. The number of ether oxygens (including phenoxy) is 2. The number of nitrogens with zero attached hydrogens (tertiary/aromatic N) is 4. The fourth-order valence-electron chi connectivity index (χ4n) is 7.06. The summed E-state index contributed by atoms with van der Waals surface area (Å²) in [5.74, 6) is 1.34. The molecule has 2 N–H and O–H groups in total. The highest BCUT2D eigenvalue weighted by Gasteiger charge is 2.25. The highest BCUT2D eigenvalue weighted by Crippen LogP contribution is 2.42. The highest BCUT2D eigenvalue weighted by atomic mass is 35.5. The van der Waals surface area contributed by atoms with Crippen LogP contribution in [-0.4, -0.2) is 92.2 Å². The Balaban J connectivity index is 1.17. The van der Waals surface area contributed by atoms with Gasteiger partial charge in [-0.1, -0.05) is 59.6 Å². The van der Waals surface area contributed by atoms with E-state index in [4.69, 9.17) is 37.7 Å². The smallest absolute Gasteiger partial charge is 0.219 e. The van der Waals surface area contributed by atoms with Crippen molar-refractivity contribution in [3.05, 3.63) is 82.0 Å². The first-order valence-corrected chi connectivity index (χ1v) is 20.4. The molecule has 2 aromatic heterocycles. The van der Waals surface area contributed by atoms with Gasteiger partial charge in [-0.2, -0.15) is 0 Å². The first-order chi connectivity index (χ1) is 25.5. The van der Waals surface area contributed by atoms with Crippen molar-refractivity contribution in [1.82, 2.24) is 29.8 Å². The topological polar surface area (TPSA) is 126 Å². The molecule has 6 rings (SSSR count). The van der Waals surface area contributed by atoms with Gasteiger partial charge in [0, 0.05) is 97.9 Å². The number of benzene rings is 2. The molecule has 282 valence electrons. The van der Waals surface area contributed by atoms with Crippen molar-refractivity contribution in [3.8, 4) is 45.3 Å². The largest absolute Gasteiger partial charge is 0.496 e. The van der Waals surface area contributed by atoms with E-state index in [2.05, 4.69) is 15.6 Å². The number of pyridine rings is 2. The van der Waals surface area contributed by atoms with Crippen LogP contribution < -0.4 is 20.1 Å². The number of methoxy groups -OCH3 is 2. The fourth-order valence-corrected chi connectivity index (χ4v) is 8.58. The van der Waals surface area contributed by atoms with E-state index < -0.39 is 10.0 Å². The summed E-state index contributed by atoms with van der Waals surface area (Å²) >= 11 is 14.2. The molecule has 0 bridgehead atoms. The Morgan fingerprint density at radius 3 is 2.09 bits per heavy atom. The number of piperidine rings is 2. The summed E-state index contributed by atoms with van der Waals surface area (Å²) in [5.41, 5.74) is 6.21. The zero-order valence-electron chi connectivity index (χ0n) is 30.5. The molecule has 2 fully saturated rings. The number of likely N-dealkylation sites (tertiary alicyclic amines) is 1. The normalized spacial score (nSPS) is 16.2. The predicted molar refractivity (Wildman–Crippen MR) is 210 cm³/mol. The van der Waals surface area contributed by atoms with Crippen LogP contribution in [0.25, 0.3) is 33.6 Å². The van der Waals surface area contributed by atoms with Gasteiger partial charge in [-0.25, -0.2) is 17.7 Å². The zero-order chi connectivity index (χ0) is 37.7. The Morgan fingerprint density at radius 1 is 0.830 bits per heavy atom. The van der Waals surface area contributed by atoms with Gasteiger partial charge in [0.15, 0.2) is 0 Å². The lowest BCUT2D eigenvalue weighted by Gasteiger charge is -2.31. The molecule has 2 aliphatic rings. The third kappa shape index (κ3) is 9.13. The fraction of sp³-hybridized carbons (Fsp3) is 0.410. The van der Waals surface area contributed by atoms with Crippen LogP contribution in [0.5, 0.6) is 11.6 Å². The summed E-state index contributed by atoms with van der Waals surface area (Å²) < 4.78 is 36.8. The zero-order valence-corrected chi connectivity index (χ0v) is 32.8. The first kappa shape index (κ1) is 38.9. The Labute approximate surface area is 322 Å². The second kappa shape index (κ2) is 17.1. The van der Waals surface area contributed by atoms with Gasteiger partial charge in [-0.15, -0.1) is 0 Å². The molecule has 0 saturated carbocycles. The minimum atomic E-state index is -3.17. The molecule has 0 unspecified atom stereocenters. The average molecular weight is 782 g/mol. The lowest BCUT2D eigenvalue weighted by Crippen LogP contribution is -2.44. The van der Waals surface area contributed by atoms with Crippen molar-refractivity contribution >= 4 is 39.1 Å². The number of carbonyl (C=O) groups is 1. The van der Waals surface area contributed by atoms with Crippen LogP contribution in [0.3, 0.4) is 0 Å². The van der Waals surface area contributed by atoms with Crippen LogP contribution in [-0.2, 0) is 27.9 Å². The van der Waals surface area contributed by atoms with E-state index >= 15 is 0 Å². The maximum Gasteiger partial charge on any atom is 0.219 e. The summed E-state index contributed by atoms with van der Waals surface area (Å²) in [6.07, 6.45) is 6.29. The van der Waals surface area contributed by atoms with Crippen LogP contribution in [0.4, 0.5) is 0 Å². The predicted octanol–water partition coefficient (Wildman–Crippen LogP) is 6.42.